The van der Waals surface area contributed by atoms with Gasteiger partial charge < -0.3 is 5.73 Å². The molecule has 1 aromatic heterocycles. The number of halogens is 1. The molecule has 0 aliphatic carbocycles. The quantitative estimate of drug-likeness (QED) is 0.946. The van der Waals surface area contributed by atoms with Crippen molar-refractivity contribution in [1.82, 2.24) is 4.98 Å². The zero-order valence-corrected chi connectivity index (χ0v) is 12.1. The van der Waals surface area contributed by atoms with Gasteiger partial charge in [0.1, 0.15) is 0 Å². The summed E-state index contributed by atoms with van der Waals surface area (Å²) in [6, 6.07) is 11.1. The third-order valence-electron chi connectivity index (χ3n) is 2.81. The molecule has 1 heterocycles. The van der Waals surface area contributed by atoms with E-state index in [9.17, 15) is 4.79 Å². The lowest BCUT2D eigenvalue weighted by Crippen LogP contribution is -2.29. The summed E-state index contributed by atoms with van der Waals surface area (Å²) in [4.78, 5) is 17.8. The molecule has 1 aromatic carbocycles. The number of pyridine rings is 1. The van der Waals surface area contributed by atoms with Gasteiger partial charge in [-0.25, -0.2) is 4.98 Å². The lowest BCUT2D eigenvalue weighted by molar-refractivity contribution is -0.117. The van der Waals surface area contributed by atoms with Gasteiger partial charge in [-0.15, -0.1) is 0 Å². The highest BCUT2D eigenvalue weighted by Gasteiger charge is 2.15. The molecule has 2 rings (SSSR count). The standard InChI is InChI=1S/C14H14BrN3O/c1-18(14-12(16)7-4-8-17-14)13(19)9-10-5-2-3-6-11(10)15/h2-8H,9,16H2,1H3. The number of nitrogens with zero attached hydrogens (tertiary/aromatic N) is 2. The number of amides is 1. The molecule has 4 nitrogen and oxygen atoms in total. The molecular weight excluding hydrogens is 306 g/mol. The van der Waals surface area contributed by atoms with Crippen molar-refractivity contribution in [3.63, 3.8) is 0 Å². The van der Waals surface area contributed by atoms with Crippen molar-refractivity contribution in [3.8, 4) is 0 Å². The van der Waals surface area contributed by atoms with Gasteiger partial charge in [-0.3, -0.25) is 9.69 Å². The van der Waals surface area contributed by atoms with Gasteiger partial charge in [0.15, 0.2) is 5.82 Å². The normalized spacial score (nSPS) is 10.2. The van der Waals surface area contributed by atoms with Crippen molar-refractivity contribution in [2.24, 2.45) is 0 Å². The van der Waals surface area contributed by atoms with Gasteiger partial charge in [0.2, 0.25) is 5.91 Å². The minimum absolute atomic E-state index is 0.0581. The van der Waals surface area contributed by atoms with Crippen molar-refractivity contribution >= 4 is 33.3 Å². The second-order valence-corrected chi connectivity index (χ2v) is 4.99. The highest BCUT2D eigenvalue weighted by molar-refractivity contribution is 9.10. The van der Waals surface area contributed by atoms with Crippen LogP contribution >= 0.6 is 15.9 Å². The van der Waals surface area contributed by atoms with E-state index < -0.39 is 0 Å². The van der Waals surface area contributed by atoms with E-state index in [1.807, 2.05) is 24.3 Å². The molecule has 0 aliphatic rings. The minimum atomic E-state index is -0.0581. The number of carbonyl (C=O) groups is 1. The number of anilines is 2. The summed E-state index contributed by atoms with van der Waals surface area (Å²) < 4.78 is 0.922. The van der Waals surface area contributed by atoms with Crippen LogP contribution in [0, 0.1) is 0 Å². The number of hydrogen-bond acceptors (Lipinski definition) is 3. The summed E-state index contributed by atoms with van der Waals surface area (Å²) in [5, 5.41) is 0. The highest BCUT2D eigenvalue weighted by atomic mass is 79.9. The largest absolute Gasteiger partial charge is 0.396 e. The Labute approximate surface area is 120 Å². The lowest BCUT2D eigenvalue weighted by Gasteiger charge is -2.18. The minimum Gasteiger partial charge on any atom is -0.396 e. The fraction of sp³-hybridized carbons (Fsp3) is 0.143. The van der Waals surface area contributed by atoms with Crippen LogP contribution in [0.15, 0.2) is 47.1 Å². The van der Waals surface area contributed by atoms with E-state index in [2.05, 4.69) is 20.9 Å². The first-order valence-electron chi connectivity index (χ1n) is 5.80. The number of likely N-dealkylation sites (N-methyl/N-ethyl adjacent to an activating group) is 1. The van der Waals surface area contributed by atoms with Crippen LogP contribution < -0.4 is 10.6 Å². The smallest absolute Gasteiger partial charge is 0.232 e. The monoisotopic (exact) mass is 319 g/mol. The summed E-state index contributed by atoms with van der Waals surface area (Å²) in [5.41, 5.74) is 7.25. The van der Waals surface area contributed by atoms with Crippen LogP contribution in [0.1, 0.15) is 5.56 Å². The molecule has 1 amide bonds. The molecule has 0 saturated carbocycles. The van der Waals surface area contributed by atoms with Crippen LogP contribution in [0.3, 0.4) is 0 Å². The molecule has 19 heavy (non-hydrogen) atoms. The van der Waals surface area contributed by atoms with Crippen molar-refractivity contribution in [1.29, 1.82) is 0 Å². The Bertz CT molecular complexity index is 601. The van der Waals surface area contributed by atoms with Crippen LogP contribution in [-0.2, 0) is 11.2 Å². The van der Waals surface area contributed by atoms with Gasteiger partial charge in [0, 0.05) is 17.7 Å². The number of hydrogen-bond donors (Lipinski definition) is 1. The fourth-order valence-corrected chi connectivity index (χ4v) is 2.16. The van der Waals surface area contributed by atoms with Crippen LogP contribution in [-0.4, -0.2) is 17.9 Å². The Morgan fingerprint density at radius 2 is 2.05 bits per heavy atom. The average molecular weight is 320 g/mol. The van der Waals surface area contributed by atoms with Crippen molar-refractivity contribution in [3.05, 3.63) is 52.6 Å². The number of nitrogens with two attached hydrogens (primary N) is 1. The predicted octanol–water partition coefficient (Wildman–Crippen LogP) is 2.63. The third-order valence-corrected chi connectivity index (χ3v) is 3.58. The predicted molar refractivity (Wildman–Crippen MR) is 79.9 cm³/mol. The summed E-state index contributed by atoms with van der Waals surface area (Å²) in [7, 11) is 1.68. The van der Waals surface area contributed by atoms with Crippen LogP contribution in [0.25, 0.3) is 0 Å². The van der Waals surface area contributed by atoms with Gasteiger partial charge in [-0.1, -0.05) is 34.1 Å². The van der Waals surface area contributed by atoms with Gasteiger partial charge in [-0.2, -0.15) is 0 Å². The molecule has 2 N–H and O–H groups in total. The van der Waals surface area contributed by atoms with Crippen molar-refractivity contribution < 1.29 is 4.79 Å². The third kappa shape index (κ3) is 3.12. The maximum Gasteiger partial charge on any atom is 0.232 e. The fourth-order valence-electron chi connectivity index (χ4n) is 1.73. The van der Waals surface area contributed by atoms with Gasteiger partial charge in [-0.05, 0) is 23.8 Å². The van der Waals surface area contributed by atoms with E-state index in [1.165, 1.54) is 4.90 Å². The second-order valence-electron chi connectivity index (χ2n) is 4.14. The van der Waals surface area contributed by atoms with E-state index in [1.54, 1.807) is 25.4 Å². The van der Waals surface area contributed by atoms with E-state index in [0.29, 0.717) is 17.9 Å². The summed E-state index contributed by atoms with van der Waals surface area (Å²) >= 11 is 3.43. The molecule has 0 radical (unpaired) electrons. The summed E-state index contributed by atoms with van der Waals surface area (Å²) in [6.07, 6.45) is 1.92. The first-order valence-corrected chi connectivity index (χ1v) is 6.59. The molecule has 5 heteroatoms. The SMILES string of the molecule is CN(C(=O)Cc1ccccc1Br)c1ncccc1N. The molecule has 0 unspecified atom stereocenters. The molecule has 0 saturated heterocycles. The van der Waals surface area contributed by atoms with Crippen molar-refractivity contribution in [2.45, 2.75) is 6.42 Å². The summed E-state index contributed by atoms with van der Waals surface area (Å²) in [5.74, 6) is 0.428. The maximum absolute atomic E-state index is 12.2. The Hall–Kier alpha value is -1.88. The first-order chi connectivity index (χ1) is 9.09. The van der Waals surface area contributed by atoms with E-state index in [-0.39, 0.29) is 5.91 Å². The molecule has 0 aliphatic heterocycles. The molecule has 98 valence electrons. The Morgan fingerprint density at radius 3 is 2.74 bits per heavy atom. The lowest BCUT2D eigenvalue weighted by atomic mass is 10.1. The highest BCUT2D eigenvalue weighted by Crippen LogP contribution is 2.21. The topological polar surface area (TPSA) is 59.2 Å². The molecular formula is C14H14BrN3O. The van der Waals surface area contributed by atoms with E-state index >= 15 is 0 Å². The molecule has 2 aromatic rings. The molecule has 0 fully saturated rings. The van der Waals surface area contributed by atoms with Gasteiger partial charge in [0.25, 0.3) is 0 Å². The number of benzene rings is 1. The number of aromatic nitrogens is 1. The average Bonchev–Trinajstić information content (AvgIpc) is 2.41. The Balaban J connectivity index is 2.17. The number of carbonyl (C=O) groups excluding carboxylic acids is 1. The Morgan fingerprint density at radius 1 is 1.32 bits per heavy atom. The molecule has 0 atom stereocenters. The molecule has 0 spiro atoms. The van der Waals surface area contributed by atoms with E-state index in [0.717, 1.165) is 10.0 Å². The number of nitrogen functional groups attached to an aromatic ring is 1. The maximum atomic E-state index is 12.2. The van der Waals surface area contributed by atoms with E-state index in [4.69, 9.17) is 5.73 Å². The zero-order valence-electron chi connectivity index (χ0n) is 10.5. The van der Waals surface area contributed by atoms with Crippen LogP contribution in [0.4, 0.5) is 11.5 Å². The van der Waals surface area contributed by atoms with Crippen molar-refractivity contribution in [2.75, 3.05) is 17.7 Å². The van der Waals surface area contributed by atoms with Crippen LogP contribution in [0.2, 0.25) is 0 Å². The Kier molecular flexibility index (Phi) is 4.16. The summed E-state index contributed by atoms with van der Waals surface area (Å²) in [6.45, 7) is 0. The van der Waals surface area contributed by atoms with Gasteiger partial charge in [0.05, 0.1) is 12.1 Å². The second kappa shape index (κ2) is 5.84. The van der Waals surface area contributed by atoms with Crippen LogP contribution in [0.5, 0.6) is 0 Å². The first kappa shape index (κ1) is 13.5. The number of rotatable bonds is 3. The zero-order chi connectivity index (χ0) is 13.8. The van der Waals surface area contributed by atoms with Gasteiger partial charge >= 0.3 is 0 Å². The molecule has 0 bridgehead atoms.